The van der Waals surface area contributed by atoms with Crippen molar-refractivity contribution in [3.8, 4) is 0 Å². The molecule has 0 atom stereocenters. The third-order valence-corrected chi connectivity index (χ3v) is 2.91. The van der Waals surface area contributed by atoms with Crippen molar-refractivity contribution < 1.29 is 4.79 Å². The first-order valence-electron chi connectivity index (χ1n) is 5.97. The SMILES string of the molecule is CCc1cc(C(=O)Nc2nc(C)cc(Cl)n2)cc(Cl)n1. The second kappa shape index (κ2) is 6.15. The number of hydrogen-bond acceptors (Lipinski definition) is 4. The van der Waals surface area contributed by atoms with Gasteiger partial charge in [0.25, 0.3) is 5.91 Å². The molecule has 0 bridgehead atoms. The Morgan fingerprint density at radius 2 is 1.85 bits per heavy atom. The molecule has 0 saturated heterocycles. The van der Waals surface area contributed by atoms with Crippen LogP contribution in [0.15, 0.2) is 18.2 Å². The second-order valence-corrected chi connectivity index (χ2v) is 4.91. The number of hydrogen-bond donors (Lipinski definition) is 1. The van der Waals surface area contributed by atoms with E-state index < -0.39 is 0 Å². The Bertz CT molecular complexity index is 641. The Morgan fingerprint density at radius 3 is 2.50 bits per heavy atom. The first kappa shape index (κ1) is 14.7. The monoisotopic (exact) mass is 310 g/mol. The van der Waals surface area contributed by atoms with Gasteiger partial charge >= 0.3 is 0 Å². The van der Waals surface area contributed by atoms with Gasteiger partial charge in [-0.15, -0.1) is 0 Å². The van der Waals surface area contributed by atoms with Crippen molar-refractivity contribution in [2.75, 3.05) is 5.32 Å². The summed E-state index contributed by atoms with van der Waals surface area (Å²) in [6.45, 7) is 3.70. The molecule has 104 valence electrons. The third-order valence-electron chi connectivity index (χ3n) is 2.52. The molecule has 0 unspecified atom stereocenters. The van der Waals surface area contributed by atoms with E-state index >= 15 is 0 Å². The van der Waals surface area contributed by atoms with E-state index in [2.05, 4.69) is 20.3 Å². The predicted molar refractivity (Wildman–Crippen MR) is 78.4 cm³/mol. The molecular weight excluding hydrogens is 299 g/mol. The molecule has 2 rings (SSSR count). The van der Waals surface area contributed by atoms with Crippen LogP contribution in [0.25, 0.3) is 0 Å². The Balaban J connectivity index is 2.25. The number of amides is 1. The molecule has 5 nitrogen and oxygen atoms in total. The Hall–Kier alpha value is -1.72. The largest absolute Gasteiger partial charge is 0.290 e. The standard InChI is InChI=1S/C13H12Cl2N4O/c1-3-9-5-8(6-11(15)17-9)12(20)19-13-16-7(2)4-10(14)18-13/h4-6H,3H2,1-2H3,(H,16,18,19,20). The average molecular weight is 311 g/mol. The molecule has 2 heterocycles. The van der Waals surface area contributed by atoms with E-state index in [1.807, 2.05) is 6.92 Å². The minimum atomic E-state index is -0.356. The summed E-state index contributed by atoms with van der Waals surface area (Å²) in [4.78, 5) is 24.3. The summed E-state index contributed by atoms with van der Waals surface area (Å²) in [7, 11) is 0. The van der Waals surface area contributed by atoms with Crippen LogP contribution in [0.1, 0.15) is 28.7 Å². The van der Waals surface area contributed by atoms with Crippen LogP contribution < -0.4 is 5.32 Å². The van der Waals surface area contributed by atoms with Gasteiger partial charge in [-0.1, -0.05) is 30.1 Å². The lowest BCUT2D eigenvalue weighted by atomic mass is 10.2. The fourth-order valence-corrected chi connectivity index (χ4v) is 2.09. The highest BCUT2D eigenvalue weighted by atomic mass is 35.5. The quantitative estimate of drug-likeness (QED) is 0.697. The topological polar surface area (TPSA) is 67.8 Å². The van der Waals surface area contributed by atoms with Gasteiger partial charge in [-0.25, -0.2) is 15.0 Å². The molecule has 20 heavy (non-hydrogen) atoms. The van der Waals surface area contributed by atoms with Crippen LogP contribution >= 0.6 is 23.2 Å². The fraction of sp³-hybridized carbons (Fsp3) is 0.231. The van der Waals surface area contributed by atoms with Crippen molar-refractivity contribution in [3.05, 3.63) is 45.5 Å². The maximum absolute atomic E-state index is 12.1. The highest BCUT2D eigenvalue weighted by Gasteiger charge is 2.11. The van der Waals surface area contributed by atoms with Gasteiger partial charge in [-0.3, -0.25) is 10.1 Å². The van der Waals surface area contributed by atoms with Gasteiger partial charge in [-0.05, 0) is 31.5 Å². The lowest BCUT2D eigenvalue weighted by Crippen LogP contribution is -2.15. The lowest BCUT2D eigenvalue weighted by Gasteiger charge is -2.06. The predicted octanol–water partition coefficient (Wildman–Crippen LogP) is 3.30. The summed E-state index contributed by atoms with van der Waals surface area (Å²) in [5, 5.41) is 3.13. The molecule has 0 saturated carbocycles. The van der Waals surface area contributed by atoms with Crippen molar-refractivity contribution in [2.45, 2.75) is 20.3 Å². The van der Waals surface area contributed by atoms with Crippen LogP contribution in [0, 0.1) is 6.92 Å². The fourth-order valence-electron chi connectivity index (χ4n) is 1.62. The van der Waals surface area contributed by atoms with Gasteiger partial charge in [-0.2, -0.15) is 0 Å². The summed E-state index contributed by atoms with van der Waals surface area (Å²) < 4.78 is 0. The first-order chi connectivity index (χ1) is 9.47. The lowest BCUT2D eigenvalue weighted by molar-refractivity contribution is 0.102. The Morgan fingerprint density at radius 1 is 1.15 bits per heavy atom. The maximum Gasteiger partial charge on any atom is 0.258 e. The van der Waals surface area contributed by atoms with Crippen LogP contribution in [-0.2, 0) is 6.42 Å². The number of pyridine rings is 1. The van der Waals surface area contributed by atoms with Crippen molar-refractivity contribution in [3.63, 3.8) is 0 Å². The summed E-state index contributed by atoms with van der Waals surface area (Å²) >= 11 is 11.7. The number of carbonyl (C=O) groups excluding carboxylic acids is 1. The summed E-state index contributed by atoms with van der Waals surface area (Å²) in [6.07, 6.45) is 0.688. The van der Waals surface area contributed by atoms with Crippen molar-refractivity contribution in [2.24, 2.45) is 0 Å². The van der Waals surface area contributed by atoms with Crippen molar-refractivity contribution in [1.29, 1.82) is 0 Å². The van der Waals surface area contributed by atoms with E-state index in [4.69, 9.17) is 23.2 Å². The zero-order chi connectivity index (χ0) is 14.7. The van der Waals surface area contributed by atoms with E-state index in [9.17, 15) is 4.79 Å². The molecule has 0 fully saturated rings. The number of carbonyl (C=O) groups is 1. The molecule has 0 radical (unpaired) electrons. The summed E-state index contributed by atoms with van der Waals surface area (Å²) in [6, 6.07) is 4.78. The van der Waals surface area contributed by atoms with Gasteiger partial charge in [0.1, 0.15) is 10.3 Å². The molecule has 0 spiro atoms. The van der Waals surface area contributed by atoms with Crippen LogP contribution in [0.3, 0.4) is 0 Å². The molecule has 0 aliphatic carbocycles. The van der Waals surface area contributed by atoms with Gasteiger partial charge in [0, 0.05) is 17.0 Å². The number of aryl methyl sites for hydroxylation is 2. The first-order valence-corrected chi connectivity index (χ1v) is 6.72. The van der Waals surface area contributed by atoms with E-state index in [0.717, 1.165) is 5.69 Å². The van der Waals surface area contributed by atoms with Crippen LogP contribution in [0.2, 0.25) is 10.3 Å². The number of nitrogens with one attached hydrogen (secondary N) is 1. The molecular formula is C13H12Cl2N4O. The summed E-state index contributed by atoms with van der Waals surface area (Å²) in [5.74, 6) is -0.198. The molecule has 1 N–H and O–H groups in total. The van der Waals surface area contributed by atoms with E-state index in [1.165, 1.54) is 6.07 Å². The minimum Gasteiger partial charge on any atom is -0.290 e. The molecule has 1 amide bonds. The number of rotatable bonds is 3. The van der Waals surface area contributed by atoms with Crippen LogP contribution in [0.5, 0.6) is 0 Å². The highest BCUT2D eigenvalue weighted by Crippen LogP contribution is 2.14. The maximum atomic E-state index is 12.1. The Kier molecular flexibility index (Phi) is 4.52. The molecule has 2 aromatic heterocycles. The van der Waals surface area contributed by atoms with Gasteiger partial charge in [0.15, 0.2) is 0 Å². The number of halogens is 2. The Labute approximate surface area is 126 Å². The number of aromatic nitrogens is 3. The molecule has 0 aliphatic heterocycles. The molecule has 0 aliphatic rings. The van der Waals surface area contributed by atoms with Crippen LogP contribution in [-0.4, -0.2) is 20.9 Å². The highest BCUT2D eigenvalue weighted by molar-refractivity contribution is 6.30. The van der Waals surface area contributed by atoms with Gasteiger partial charge < -0.3 is 0 Å². The van der Waals surface area contributed by atoms with Crippen LogP contribution in [0.4, 0.5) is 5.95 Å². The van der Waals surface area contributed by atoms with Gasteiger partial charge in [0.05, 0.1) is 0 Å². The molecule has 7 heteroatoms. The molecule has 0 aromatic carbocycles. The van der Waals surface area contributed by atoms with Crippen molar-refractivity contribution >= 4 is 35.1 Å². The van der Waals surface area contributed by atoms with Gasteiger partial charge in [0.2, 0.25) is 5.95 Å². The number of nitrogens with zero attached hydrogens (tertiary/aromatic N) is 3. The van der Waals surface area contributed by atoms with Crippen molar-refractivity contribution in [1.82, 2.24) is 15.0 Å². The third kappa shape index (κ3) is 3.65. The summed E-state index contributed by atoms with van der Waals surface area (Å²) in [5.41, 5.74) is 1.82. The van der Waals surface area contributed by atoms with E-state index in [0.29, 0.717) is 17.7 Å². The smallest absolute Gasteiger partial charge is 0.258 e. The van der Waals surface area contributed by atoms with E-state index in [1.54, 1.807) is 19.1 Å². The average Bonchev–Trinajstić information content (AvgIpc) is 2.36. The minimum absolute atomic E-state index is 0.158. The second-order valence-electron chi connectivity index (χ2n) is 4.13. The number of anilines is 1. The molecule has 2 aromatic rings. The van der Waals surface area contributed by atoms with E-state index in [-0.39, 0.29) is 22.2 Å². The zero-order valence-corrected chi connectivity index (χ0v) is 12.5. The normalized spacial score (nSPS) is 10.4. The zero-order valence-electron chi connectivity index (χ0n) is 10.9.